The first-order chi connectivity index (χ1) is 30.3. The Bertz CT molecular complexity index is 2180. The van der Waals surface area contributed by atoms with Crippen molar-refractivity contribution in [3.63, 3.8) is 0 Å². The average molecular weight is 860 g/mol. The molecule has 4 N–H and O–H groups in total. The van der Waals surface area contributed by atoms with E-state index in [9.17, 15) is 19.8 Å². The van der Waals surface area contributed by atoms with Crippen LogP contribution in [0.1, 0.15) is 74.5 Å². The van der Waals surface area contributed by atoms with E-state index in [2.05, 4.69) is 23.3 Å². The Morgan fingerprint density at radius 2 is 1.63 bits per heavy atom. The van der Waals surface area contributed by atoms with Gasteiger partial charge < -0.3 is 39.9 Å². The van der Waals surface area contributed by atoms with E-state index >= 15 is 0 Å². The molecule has 4 aromatic rings. The van der Waals surface area contributed by atoms with Gasteiger partial charge >= 0.3 is 6.09 Å². The van der Waals surface area contributed by atoms with Crippen molar-refractivity contribution >= 4 is 35.2 Å². The van der Waals surface area contributed by atoms with Gasteiger partial charge in [0.25, 0.3) is 0 Å². The van der Waals surface area contributed by atoms with Gasteiger partial charge in [-0.05, 0) is 96.7 Å². The molecule has 1 fully saturated rings. The summed E-state index contributed by atoms with van der Waals surface area (Å²) in [5.74, 6) is -0.745. The first-order valence-electron chi connectivity index (χ1n) is 21.6. The van der Waals surface area contributed by atoms with Crippen LogP contribution in [0.4, 0.5) is 10.5 Å². The van der Waals surface area contributed by atoms with Crippen LogP contribution < -0.4 is 20.1 Å². The highest BCUT2D eigenvalue weighted by Gasteiger charge is 2.64. The number of nitrogens with zero attached hydrogens (tertiary/aromatic N) is 1. The summed E-state index contributed by atoms with van der Waals surface area (Å²) in [5, 5.41) is 30.2. The zero-order chi connectivity index (χ0) is 43.3. The van der Waals surface area contributed by atoms with Crippen molar-refractivity contribution in [2.24, 2.45) is 22.9 Å². The number of aliphatic hydroxyl groups is 2. The minimum Gasteiger partial charge on any atom is -0.460 e. The predicted octanol–water partition coefficient (Wildman–Crippen LogP) is 9.56. The van der Waals surface area contributed by atoms with Gasteiger partial charge in [0.2, 0.25) is 11.7 Å². The van der Waals surface area contributed by atoms with Gasteiger partial charge in [0, 0.05) is 55.2 Å². The van der Waals surface area contributed by atoms with Gasteiger partial charge in [-0.2, -0.15) is 0 Å². The minimum atomic E-state index is -1.21. The summed E-state index contributed by atoms with van der Waals surface area (Å²) in [4.78, 5) is 32.2. The smallest absolute Gasteiger partial charge is 0.412 e. The van der Waals surface area contributed by atoms with Crippen molar-refractivity contribution in [1.29, 1.82) is 0 Å². The Labute approximate surface area is 368 Å². The number of carbonyl (C=O) groups excluding carboxylic acids is 2. The maximum atomic E-state index is 13.2. The van der Waals surface area contributed by atoms with E-state index in [0.717, 1.165) is 58.6 Å². The van der Waals surface area contributed by atoms with E-state index in [0.29, 0.717) is 49.6 Å². The van der Waals surface area contributed by atoms with E-state index in [1.54, 1.807) is 23.9 Å². The van der Waals surface area contributed by atoms with Crippen LogP contribution in [-0.2, 0) is 27.5 Å². The molecule has 7 rings (SSSR count). The summed E-state index contributed by atoms with van der Waals surface area (Å²) >= 11 is 1.63. The molecule has 4 aromatic carbocycles. The maximum Gasteiger partial charge on any atom is 0.412 e. The number of hydrogen-bond donors (Lipinski definition) is 4. The van der Waals surface area contributed by atoms with Crippen LogP contribution in [-0.4, -0.2) is 58.8 Å². The number of nitrogens with one attached hydrogen (secondary N) is 2. The lowest BCUT2D eigenvalue weighted by molar-refractivity contribution is -0.223. The second-order valence-corrected chi connectivity index (χ2v) is 17.3. The van der Waals surface area contributed by atoms with Gasteiger partial charge in [-0.3, -0.25) is 4.79 Å². The number of benzene rings is 4. The maximum absolute atomic E-state index is 13.2. The summed E-state index contributed by atoms with van der Waals surface area (Å²) in [6.45, 7) is 6.56. The van der Waals surface area contributed by atoms with Gasteiger partial charge in [0.1, 0.15) is 18.1 Å². The molecule has 6 unspecified atom stereocenters. The number of fused-ring (bicyclic) bond motifs is 2. The van der Waals surface area contributed by atoms with Gasteiger partial charge in [0.15, 0.2) is 0 Å². The summed E-state index contributed by atoms with van der Waals surface area (Å²) < 4.78 is 20.3. The van der Waals surface area contributed by atoms with Crippen molar-refractivity contribution in [3.8, 4) is 11.5 Å². The Kier molecular flexibility index (Phi) is 15.6. The molecule has 2 aliphatic carbocycles. The first-order valence-corrected chi connectivity index (χ1v) is 22.5. The lowest BCUT2D eigenvalue weighted by Crippen LogP contribution is -2.64. The number of allylic oxidation sites excluding steroid dienone is 1. The summed E-state index contributed by atoms with van der Waals surface area (Å²) in [7, 11) is 0. The van der Waals surface area contributed by atoms with Gasteiger partial charge in [-0.15, -0.1) is 18.3 Å². The van der Waals surface area contributed by atoms with E-state index in [1.807, 2.05) is 97.1 Å². The number of rotatable bonds is 20. The molecule has 326 valence electrons. The number of thioether (sulfide) groups is 1. The van der Waals surface area contributed by atoms with Crippen LogP contribution >= 0.6 is 11.8 Å². The predicted molar refractivity (Wildman–Crippen MR) is 242 cm³/mol. The number of anilines is 1. The minimum absolute atomic E-state index is 0.0673. The third-order valence-electron chi connectivity index (χ3n) is 11.8. The average Bonchev–Trinajstić information content (AvgIpc) is 3.28. The van der Waals surface area contributed by atoms with E-state index in [1.165, 1.54) is 6.92 Å². The third-order valence-corrected chi connectivity index (χ3v) is 13.1. The van der Waals surface area contributed by atoms with Crippen LogP contribution in [0.2, 0.25) is 0 Å². The molecule has 3 aliphatic rings. The molecule has 1 heterocycles. The summed E-state index contributed by atoms with van der Waals surface area (Å²) in [6.07, 6.45) is 8.61. The Morgan fingerprint density at radius 1 is 0.919 bits per heavy atom. The Hall–Kier alpha value is -5.40. The number of ether oxygens (including phenoxy) is 3. The monoisotopic (exact) mass is 859 g/mol. The molecular formula is C50H57N3O8S. The second kappa shape index (κ2) is 21.6. The second-order valence-electron chi connectivity index (χ2n) is 16.1. The molecule has 0 spiro atoms. The van der Waals surface area contributed by atoms with Crippen molar-refractivity contribution < 1.29 is 38.9 Å². The fraction of sp³-hybridized carbons (Fsp3) is 0.380. The van der Waals surface area contributed by atoms with E-state index in [-0.39, 0.29) is 54.6 Å². The molecule has 12 heteroatoms. The van der Waals surface area contributed by atoms with Gasteiger partial charge in [-0.1, -0.05) is 90.8 Å². The number of oxime groups is 1. The summed E-state index contributed by atoms with van der Waals surface area (Å²) in [5.41, 5.74) is 5.36. The zero-order valence-corrected chi connectivity index (χ0v) is 36.1. The highest BCUT2D eigenvalue weighted by Crippen LogP contribution is 2.63. The SMILES string of the molecule is C=CCOC12Oc3ccc(OC(=O)NCc4ccccc4)cc3C3C(CCCCO)C(CCCCO)C=C(C(=NOCc4ccccc4)CC1Sc1ccc(NC(C)=O)cc1)C32. The van der Waals surface area contributed by atoms with Crippen LogP contribution in [0.25, 0.3) is 0 Å². The normalized spacial score (nSPS) is 22.9. The standard InChI is InChI=1S/C50H57N3O8S/c1-3-28-58-50-46(62-40-23-20-38(21-24-40)52-34(2)56)31-44(53-59-33-36-16-8-5-9-17-36)42-29-37(18-10-12-26-54)41(19-11-13-27-55)47(48(42)50)43-30-39(22-25-45(43)61-50)60-49(57)51-32-35-14-6-4-7-15-35/h3-9,14-17,20-25,29-30,37,41,46-48,54-55H,1,10-13,18-19,26-28,31-33H2,2H3,(H,51,57)(H,52,56). The fourth-order valence-corrected chi connectivity index (χ4v) is 10.4. The molecule has 0 bridgehead atoms. The molecule has 0 aromatic heterocycles. The van der Waals surface area contributed by atoms with Crippen LogP contribution in [0.15, 0.2) is 137 Å². The highest BCUT2D eigenvalue weighted by atomic mass is 32.2. The summed E-state index contributed by atoms with van der Waals surface area (Å²) in [6, 6.07) is 32.9. The largest absolute Gasteiger partial charge is 0.460 e. The van der Waals surface area contributed by atoms with Crippen molar-refractivity contribution in [2.75, 3.05) is 25.1 Å². The van der Waals surface area contributed by atoms with Crippen LogP contribution in [0.5, 0.6) is 11.5 Å². The molecule has 11 nitrogen and oxygen atoms in total. The number of carbonyl (C=O) groups is 2. The molecule has 1 aliphatic heterocycles. The van der Waals surface area contributed by atoms with Crippen LogP contribution in [0.3, 0.4) is 0 Å². The number of aliphatic hydroxyl groups excluding tert-OH is 2. The van der Waals surface area contributed by atoms with E-state index in [4.69, 9.17) is 24.2 Å². The highest BCUT2D eigenvalue weighted by molar-refractivity contribution is 8.00. The van der Waals surface area contributed by atoms with Gasteiger partial charge in [-0.25, -0.2) is 4.79 Å². The van der Waals surface area contributed by atoms with Crippen molar-refractivity contribution in [3.05, 3.63) is 144 Å². The number of unbranched alkanes of at least 4 members (excludes halogenated alkanes) is 2. The molecular weight excluding hydrogens is 803 g/mol. The third kappa shape index (κ3) is 10.8. The molecule has 2 amide bonds. The Balaban J connectivity index is 1.35. The first kappa shape index (κ1) is 44.6. The topological polar surface area (TPSA) is 148 Å². The molecule has 62 heavy (non-hydrogen) atoms. The van der Waals surface area contributed by atoms with Crippen LogP contribution in [0, 0.1) is 17.8 Å². The molecule has 0 radical (unpaired) electrons. The number of amides is 2. The molecule has 6 atom stereocenters. The Morgan fingerprint density at radius 3 is 2.32 bits per heavy atom. The van der Waals surface area contributed by atoms with Crippen molar-refractivity contribution in [1.82, 2.24) is 5.32 Å². The van der Waals surface area contributed by atoms with E-state index < -0.39 is 11.9 Å². The lowest BCUT2D eigenvalue weighted by Gasteiger charge is -2.58. The molecule has 1 saturated carbocycles. The van der Waals surface area contributed by atoms with Crippen molar-refractivity contribution in [2.45, 2.75) is 86.9 Å². The quantitative estimate of drug-likeness (QED) is 0.0388. The number of hydrogen-bond acceptors (Lipinski definition) is 10. The zero-order valence-electron chi connectivity index (χ0n) is 35.2. The lowest BCUT2D eigenvalue weighted by atomic mass is 9.56. The van der Waals surface area contributed by atoms with Gasteiger partial charge in [0.05, 0.1) is 23.5 Å². The molecule has 0 saturated heterocycles. The fourth-order valence-electron chi connectivity index (χ4n) is 9.14.